The molecule has 3 aromatic rings. The van der Waals surface area contributed by atoms with Crippen molar-refractivity contribution in [3.63, 3.8) is 0 Å². The van der Waals surface area contributed by atoms with Gasteiger partial charge in [0.05, 0.1) is 40.8 Å². The number of anilines is 3. The van der Waals surface area contributed by atoms with E-state index in [1.165, 1.54) is 25.7 Å². The number of amides is 1. The first-order chi connectivity index (χ1) is 19.0. The normalized spacial score (nSPS) is 18.0. The predicted octanol–water partition coefficient (Wildman–Crippen LogP) is 2.37. The molecule has 1 aliphatic carbocycles. The van der Waals surface area contributed by atoms with Gasteiger partial charge in [0.1, 0.15) is 30.7 Å². The molecule has 2 aliphatic heterocycles. The highest BCUT2D eigenvalue weighted by atomic mass is 16.6. The Morgan fingerprint density at radius 2 is 1.90 bits per heavy atom. The molecular formula is C27H31N7O5. The van der Waals surface area contributed by atoms with E-state index in [0.717, 1.165) is 6.54 Å². The highest BCUT2D eigenvalue weighted by Gasteiger charge is 2.45. The Morgan fingerprint density at radius 1 is 1.15 bits per heavy atom. The summed E-state index contributed by atoms with van der Waals surface area (Å²) < 4.78 is 11.8. The minimum atomic E-state index is -0.669. The maximum absolute atomic E-state index is 13.2. The second kappa shape index (κ2) is 10.2. The maximum Gasteiger partial charge on any atom is 0.257 e. The van der Waals surface area contributed by atoms with Crippen LogP contribution in [0.3, 0.4) is 0 Å². The molecule has 5 N–H and O–H groups in total. The number of nitrogens with zero attached hydrogens (tertiary/aromatic N) is 4. The molecule has 1 saturated heterocycles. The van der Waals surface area contributed by atoms with Crippen molar-refractivity contribution < 1.29 is 24.5 Å². The summed E-state index contributed by atoms with van der Waals surface area (Å²) in [5.74, 6) is 1.92. The number of nitrogens with one attached hydrogen (secondary N) is 3. The summed E-state index contributed by atoms with van der Waals surface area (Å²) in [5.41, 5.74) is 1.22. The number of benzene rings is 1. The highest BCUT2D eigenvalue weighted by molar-refractivity contribution is 6.00. The van der Waals surface area contributed by atoms with Crippen molar-refractivity contribution in [3.05, 3.63) is 29.5 Å². The summed E-state index contributed by atoms with van der Waals surface area (Å²) >= 11 is 0. The quantitative estimate of drug-likeness (QED) is 0.290. The zero-order valence-electron chi connectivity index (χ0n) is 21.5. The van der Waals surface area contributed by atoms with Gasteiger partial charge in [-0.1, -0.05) is 12.8 Å². The third kappa shape index (κ3) is 4.57. The van der Waals surface area contributed by atoms with E-state index >= 15 is 0 Å². The number of carbonyl (C=O) groups excluding carboxylic acids is 1. The molecule has 3 aliphatic rings. The Morgan fingerprint density at radius 3 is 2.62 bits per heavy atom. The van der Waals surface area contributed by atoms with Crippen LogP contribution in [-0.4, -0.2) is 82.0 Å². The molecule has 204 valence electrons. The number of fused-ring (bicyclic) bond motifs is 2. The summed E-state index contributed by atoms with van der Waals surface area (Å²) in [7, 11) is 0. The number of aromatic amines is 1. The van der Waals surface area contributed by atoms with Gasteiger partial charge < -0.3 is 40.2 Å². The molecule has 39 heavy (non-hydrogen) atoms. The third-order valence-corrected chi connectivity index (χ3v) is 7.86. The molecular weight excluding hydrogens is 502 g/mol. The first-order valence-corrected chi connectivity index (χ1v) is 13.3. The molecule has 0 atom stereocenters. The van der Waals surface area contributed by atoms with Crippen LogP contribution < -0.4 is 20.1 Å². The summed E-state index contributed by atoms with van der Waals surface area (Å²) in [6.45, 7) is 1.54. The molecule has 1 aromatic carbocycles. The van der Waals surface area contributed by atoms with Crippen LogP contribution in [0.4, 0.5) is 17.5 Å². The van der Waals surface area contributed by atoms with Crippen LogP contribution in [0.1, 0.15) is 41.6 Å². The minimum Gasteiger partial charge on any atom is -0.485 e. The second-order valence-corrected chi connectivity index (χ2v) is 10.6. The molecule has 1 saturated carbocycles. The Balaban J connectivity index is 1.29. The van der Waals surface area contributed by atoms with Gasteiger partial charge in [0.2, 0.25) is 5.95 Å². The summed E-state index contributed by atoms with van der Waals surface area (Å²) in [6.07, 6.45) is 6.45. The smallest absolute Gasteiger partial charge is 0.257 e. The average Bonchev–Trinajstić information content (AvgIpc) is 3.62. The molecule has 1 amide bonds. The number of carbonyl (C=O) groups is 1. The van der Waals surface area contributed by atoms with Gasteiger partial charge in [-0.25, -0.2) is 0 Å². The number of hydrogen-bond donors (Lipinski definition) is 5. The number of nitriles is 1. The zero-order chi connectivity index (χ0) is 27.0. The number of likely N-dealkylation sites (tertiary alicyclic amines) is 1. The van der Waals surface area contributed by atoms with E-state index in [2.05, 4.69) is 26.7 Å². The SMILES string of the molecule is N#Cc1c[nH]c2nc(Nc3ccc(C(=O)N4CC(CO)(CO)C4)c4c3OCCO4)nc(NCC3CCCC3)c12. The second-order valence-electron chi connectivity index (χ2n) is 10.6. The van der Waals surface area contributed by atoms with Gasteiger partial charge in [-0.2, -0.15) is 15.2 Å². The summed E-state index contributed by atoms with van der Waals surface area (Å²) in [5, 5.41) is 36.1. The maximum atomic E-state index is 13.2. The lowest BCUT2D eigenvalue weighted by Gasteiger charge is -2.48. The molecule has 2 fully saturated rings. The fourth-order valence-corrected chi connectivity index (χ4v) is 5.61. The molecule has 12 nitrogen and oxygen atoms in total. The Labute approximate surface area is 225 Å². The first-order valence-electron chi connectivity index (χ1n) is 13.3. The largest absolute Gasteiger partial charge is 0.485 e. The standard InChI is InChI=1S/C27H31N7O5/c28-9-17-11-30-24-20(17)23(29-10-16-3-1-2-4-16)32-26(33-24)31-19-6-5-18(21-22(19)39-8-7-38-21)25(37)34-12-27(13-34,14-35)15-36/h5-6,11,16,35-36H,1-4,7-8,10,12-15H2,(H3,29,30,31,32,33). The van der Waals surface area contributed by atoms with Gasteiger partial charge in [0, 0.05) is 25.8 Å². The third-order valence-electron chi connectivity index (χ3n) is 7.86. The number of rotatable bonds is 8. The lowest BCUT2D eigenvalue weighted by atomic mass is 9.81. The highest BCUT2D eigenvalue weighted by Crippen LogP contribution is 2.43. The number of aliphatic hydroxyl groups excluding tert-OH is 2. The van der Waals surface area contributed by atoms with E-state index in [4.69, 9.17) is 14.5 Å². The van der Waals surface area contributed by atoms with Crippen LogP contribution in [0.15, 0.2) is 18.3 Å². The van der Waals surface area contributed by atoms with Crippen LogP contribution in [0.5, 0.6) is 11.5 Å². The van der Waals surface area contributed by atoms with Gasteiger partial charge in [-0.3, -0.25) is 4.79 Å². The van der Waals surface area contributed by atoms with Crippen molar-refractivity contribution in [3.8, 4) is 17.6 Å². The monoisotopic (exact) mass is 533 g/mol. The minimum absolute atomic E-state index is 0.188. The Bertz CT molecular complexity index is 1430. The number of H-pyrrole nitrogens is 1. The predicted molar refractivity (Wildman–Crippen MR) is 142 cm³/mol. The van der Waals surface area contributed by atoms with Gasteiger partial charge in [-0.05, 0) is 30.9 Å². The number of aromatic nitrogens is 3. The van der Waals surface area contributed by atoms with E-state index in [1.54, 1.807) is 23.2 Å². The van der Waals surface area contributed by atoms with Gasteiger partial charge in [0.25, 0.3) is 5.91 Å². The molecule has 0 spiro atoms. The van der Waals surface area contributed by atoms with Crippen LogP contribution in [0.25, 0.3) is 11.0 Å². The van der Waals surface area contributed by atoms with E-state index < -0.39 is 5.41 Å². The molecule has 12 heteroatoms. The first kappa shape index (κ1) is 25.2. The van der Waals surface area contributed by atoms with Crippen molar-refractivity contribution in [2.24, 2.45) is 11.3 Å². The van der Waals surface area contributed by atoms with Crippen molar-refractivity contribution in [2.45, 2.75) is 25.7 Å². The molecule has 4 heterocycles. The lowest BCUT2D eigenvalue weighted by Crippen LogP contribution is -2.62. The van der Waals surface area contributed by atoms with E-state index in [-0.39, 0.29) is 32.2 Å². The molecule has 6 rings (SSSR count). The molecule has 2 aromatic heterocycles. The number of aliphatic hydroxyl groups is 2. The molecule has 0 bridgehead atoms. The summed E-state index contributed by atoms with van der Waals surface area (Å²) in [6, 6.07) is 5.59. The Kier molecular flexibility index (Phi) is 6.62. The fraction of sp³-hybridized carbons (Fsp3) is 0.481. The molecule has 0 radical (unpaired) electrons. The summed E-state index contributed by atoms with van der Waals surface area (Å²) in [4.78, 5) is 27.2. The van der Waals surface area contributed by atoms with Crippen LogP contribution in [0, 0.1) is 22.7 Å². The zero-order valence-corrected chi connectivity index (χ0v) is 21.5. The van der Waals surface area contributed by atoms with E-state index in [1.807, 2.05) is 0 Å². The van der Waals surface area contributed by atoms with E-state index in [9.17, 15) is 20.3 Å². The van der Waals surface area contributed by atoms with Crippen molar-refractivity contribution in [2.75, 3.05) is 56.7 Å². The fourth-order valence-electron chi connectivity index (χ4n) is 5.61. The van der Waals surface area contributed by atoms with E-state index in [0.29, 0.717) is 70.2 Å². The van der Waals surface area contributed by atoms with Crippen LogP contribution in [0.2, 0.25) is 0 Å². The van der Waals surface area contributed by atoms with Crippen LogP contribution in [-0.2, 0) is 0 Å². The number of hydrogen-bond acceptors (Lipinski definition) is 10. The van der Waals surface area contributed by atoms with Crippen molar-refractivity contribution >= 4 is 34.4 Å². The lowest BCUT2D eigenvalue weighted by molar-refractivity contribution is -0.0590. The number of ether oxygens (including phenoxy) is 2. The average molecular weight is 534 g/mol. The van der Waals surface area contributed by atoms with Crippen molar-refractivity contribution in [1.82, 2.24) is 19.9 Å². The van der Waals surface area contributed by atoms with Crippen molar-refractivity contribution in [1.29, 1.82) is 5.26 Å². The van der Waals surface area contributed by atoms with Gasteiger partial charge in [-0.15, -0.1) is 0 Å². The topological polar surface area (TPSA) is 169 Å². The van der Waals surface area contributed by atoms with Crippen LogP contribution >= 0.6 is 0 Å². The van der Waals surface area contributed by atoms with Gasteiger partial charge >= 0.3 is 0 Å². The molecule has 0 unspecified atom stereocenters. The Hall–Kier alpha value is -4.08. The van der Waals surface area contributed by atoms with Gasteiger partial charge in [0.15, 0.2) is 11.5 Å².